The molecule has 0 spiro atoms. The number of nitrogens with zero attached hydrogens (tertiary/aromatic N) is 1. The highest BCUT2D eigenvalue weighted by atomic mass is 32.2. The Labute approximate surface area is 152 Å². The molecule has 0 aliphatic carbocycles. The summed E-state index contributed by atoms with van der Waals surface area (Å²) in [6.07, 6.45) is 3.30. The van der Waals surface area contributed by atoms with E-state index in [-0.39, 0.29) is 30.6 Å². The molecule has 1 heterocycles. The minimum atomic E-state index is -3.59. The van der Waals surface area contributed by atoms with Gasteiger partial charge in [-0.2, -0.15) is 0 Å². The van der Waals surface area contributed by atoms with E-state index in [1.165, 1.54) is 31.4 Å². The van der Waals surface area contributed by atoms with Gasteiger partial charge >= 0.3 is 0 Å². The molecule has 9 heteroatoms. The van der Waals surface area contributed by atoms with E-state index in [1.54, 1.807) is 24.5 Å². The molecular formula is C17H21N3O5S. The highest BCUT2D eigenvalue weighted by Gasteiger charge is 2.13. The maximum atomic E-state index is 12.0. The maximum Gasteiger partial charge on any atom is 0.258 e. The first-order valence-corrected chi connectivity index (χ1v) is 9.36. The van der Waals surface area contributed by atoms with Crippen LogP contribution in [0.1, 0.15) is 5.56 Å². The summed E-state index contributed by atoms with van der Waals surface area (Å²) in [6, 6.07) is 9.45. The lowest BCUT2D eigenvalue weighted by molar-refractivity contribution is -0.123. The number of hydrogen-bond donors (Lipinski definition) is 2. The molecule has 2 aromatic rings. The van der Waals surface area contributed by atoms with Gasteiger partial charge < -0.3 is 14.8 Å². The zero-order chi connectivity index (χ0) is 18.8. The molecule has 0 bridgehead atoms. The Hall–Kier alpha value is -2.49. The van der Waals surface area contributed by atoms with E-state index >= 15 is 0 Å². The number of ether oxygens (including phenoxy) is 2. The van der Waals surface area contributed by atoms with Gasteiger partial charge in [-0.3, -0.25) is 9.78 Å². The fourth-order valence-electron chi connectivity index (χ4n) is 1.98. The Morgan fingerprint density at radius 1 is 1.12 bits per heavy atom. The second kappa shape index (κ2) is 9.85. The largest absolute Gasteiger partial charge is 0.484 e. The predicted molar refractivity (Wildman–Crippen MR) is 95.1 cm³/mol. The third-order valence-corrected chi connectivity index (χ3v) is 4.82. The van der Waals surface area contributed by atoms with E-state index in [1.807, 2.05) is 0 Å². The number of benzene rings is 1. The SMILES string of the molecule is COCCNS(=O)(=O)c1ccc(OCC(=O)NCc2ccncc2)cc1. The van der Waals surface area contributed by atoms with Gasteiger partial charge in [-0.25, -0.2) is 13.1 Å². The number of hydrogen-bond acceptors (Lipinski definition) is 6. The molecule has 1 aromatic heterocycles. The van der Waals surface area contributed by atoms with Crippen molar-refractivity contribution in [3.63, 3.8) is 0 Å². The van der Waals surface area contributed by atoms with Gasteiger partial charge in [0, 0.05) is 32.6 Å². The number of carbonyl (C=O) groups is 1. The number of methoxy groups -OCH3 is 1. The van der Waals surface area contributed by atoms with Gasteiger partial charge in [0.1, 0.15) is 5.75 Å². The van der Waals surface area contributed by atoms with Gasteiger partial charge in [0.15, 0.2) is 6.61 Å². The van der Waals surface area contributed by atoms with Crippen LogP contribution in [0, 0.1) is 0 Å². The smallest absolute Gasteiger partial charge is 0.258 e. The zero-order valence-electron chi connectivity index (χ0n) is 14.3. The number of pyridine rings is 1. The Morgan fingerprint density at radius 2 is 1.81 bits per heavy atom. The highest BCUT2D eigenvalue weighted by Crippen LogP contribution is 2.15. The summed E-state index contributed by atoms with van der Waals surface area (Å²) in [6.45, 7) is 0.696. The molecule has 26 heavy (non-hydrogen) atoms. The average molecular weight is 379 g/mol. The van der Waals surface area contributed by atoms with Crippen LogP contribution < -0.4 is 14.8 Å². The van der Waals surface area contributed by atoms with Crippen molar-refractivity contribution in [2.45, 2.75) is 11.4 Å². The molecule has 2 rings (SSSR count). The molecule has 0 unspecified atom stereocenters. The summed E-state index contributed by atoms with van der Waals surface area (Å²) in [7, 11) is -2.10. The van der Waals surface area contributed by atoms with Crippen LogP contribution in [-0.2, 0) is 26.1 Å². The first kappa shape index (κ1) is 19.8. The van der Waals surface area contributed by atoms with Crippen molar-refractivity contribution in [3.05, 3.63) is 54.4 Å². The fourth-order valence-corrected chi connectivity index (χ4v) is 2.99. The van der Waals surface area contributed by atoms with E-state index in [0.717, 1.165) is 5.56 Å². The standard InChI is InChI=1S/C17H21N3O5S/c1-24-11-10-20-26(22,23)16-4-2-15(3-5-16)25-13-17(21)19-12-14-6-8-18-9-7-14/h2-9,20H,10-13H2,1H3,(H,19,21). The van der Waals surface area contributed by atoms with Gasteiger partial charge in [0.25, 0.3) is 5.91 Å². The molecular weight excluding hydrogens is 358 g/mol. The summed E-state index contributed by atoms with van der Waals surface area (Å²) in [5.41, 5.74) is 0.934. The molecule has 1 aromatic carbocycles. The first-order valence-electron chi connectivity index (χ1n) is 7.88. The van der Waals surface area contributed by atoms with Crippen LogP contribution in [-0.4, -0.2) is 46.2 Å². The van der Waals surface area contributed by atoms with E-state index in [2.05, 4.69) is 15.0 Å². The second-order valence-electron chi connectivity index (χ2n) is 5.28. The van der Waals surface area contributed by atoms with Gasteiger partial charge in [-0.15, -0.1) is 0 Å². The average Bonchev–Trinajstić information content (AvgIpc) is 2.66. The van der Waals surface area contributed by atoms with Crippen LogP contribution in [0.5, 0.6) is 5.75 Å². The zero-order valence-corrected chi connectivity index (χ0v) is 15.2. The molecule has 0 saturated heterocycles. The van der Waals surface area contributed by atoms with Crippen molar-refractivity contribution >= 4 is 15.9 Å². The van der Waals surface area contributed by atoms with Crippen LogP contribution in [0.3, 0.4) is 0 Å². The predicted octanol–water partition coefficient (Wildman–Crippen LogP) is 0.702. The number of nitrogens with one attached hydrogen (secondary N) is 2. The van der Waals surface area contributed by atoms with Crippen LogP contribution in [0.15, 0.2) is 53.7 Å². The third kappa shape index (κ3) is 6.43. The van der Waals surface area contributed by atoms with Crippen molar-refractivity contribution in [1.29, 1.82) is 0 Å². The number of carbonyl (C=O) groups excluding carboxylic acids is 1. The lowest BCUT2D eigenvalue weighted by Gasteiger charge is -2.09. The molecule has 1 amide bonds. The fraction of sp³-hybridized carbons (Fsp3) is 0.294. The lowest BCUT2D eigenvalue weighted by atomic mass is 10.3. The minimum absolute atomic E-state index is 0.114. The molecule has 0 saturated carbocycles. The van der Waals surface area contributed by atoms with E-state index < -0.39 is 10.0 Å². The Bertz CT molecular complexity index is 795. The normalized spacial score (nSPS) is 11.1. The topological polar surface area (TPSA) is 107 Å². The summed E-state index contributed by atoms with van der Waals surface area (Å²) < 4.78 is 36.6. The van der Waals surface area contributed by atoms with Gasteiger partial charge in [-0.05, 0) is 42.0 Å². The molecule has 0 aliphatic rings. The van der Waals surface area contributed by atoms with Crippen LogP contribution in [0.4, 0.5) is 0 Å². The van der Waals surface area contributed by atoms with E-state index in [9.17, 15) is 13.2 Å². The number of aromatic nitrogens is 1. The quantitative estimate of drug-likeness (QED) is 0.589. The van der Waals surface area contributed by atoms with Crippen LogP contribution in [0.25, 0.3) is 0 Å². The second-order valence-corrected chi connectivity index (χ2v) is 7.05. The van der Waals surface area contributed by atoms with E-state index in [0.29, 0.717) is 12.3 Å². The Morgan fingerprint density at radius 3 is 2.46 bits per heavy atom. The maximum absolute atomic E-state index is 12.0. The van der Waals surface area contributed by atoms with Gasteiger partial charge in [0.05, 0.1) is 11.5 Å². The third-order valence-electron chi connectivity index (χ3n) is 3.34. The molecule has 2 N–H and O–H groups in total. The summed E-state index contributed by atoms with van der Waals surface area (Å²) in [5.74, 6) is 0.125. The molecule has 8 nitrogen and oxygen atoms in total. The van der Waals surface area contributed by atoms with Crippen LogP contribution >= 0.6 is 0 Å². The minimum Gasteiger partial charge on any atom is -0.484 e. The number of sulfonamides is 1. The monoisotopic (exact) mass is 379 g/mol. The molecule has 0 atom stereocenters. The van der Waals surface area contributed by atoms with Gasteiger partial charge in [0.2, 0.25) is 10.0 Å². The summed E-state index contributed by atoms with van der Waals surface area (Å²) in [5, 5.41) is 2.72. The molecule has 0 radical (unpaired) electrons. The van der Waals surface area contributed by atoms with Crippen molar-refractivity contribution in [3.8, 4) is 5.75 Å². The number of rotatable bonds is 10. The molecule has 0 fully saturated rings. The summed E-state index contributed by atoms with van der Waals surface area (Å²) >= 11 is 0. The summed E-state index contributed by atoms with van der Waals surface area (Å²) in [4.78, 5) is 15.8. The molecule has 0 aliphatic heterocycles. The van der Waals surface area contributed by atoms with Crippen LogP contribution in [0.2, 0.25) is 0 Å². The first-order chi connectivity index (χ1) is 12.5. The van der Waals surface area contributed by atoms with E-state index in [4.69, 9.17) is 9.47 Å². The van der Waals surface area contributed by atoms with Crippen molar-refractivity contribution in [2.75, 3.05) is 26.9 Å². The molecule has 140 valence electrons. The van der Waals surface area contributed by atoms with Crippen molar-refractivity contribution < 1.29 is 22.7 Å². The highest BCUT2D eigenvalue weighted by molar-refractivity contribution is 7.89. The van der Waals surface area contributed by atoms with Gasteiger partial charge in [-0.1, -0.05) is 0 Å². The van der Waals surface area contributed by atoms with Crippen molar-refractivity contribution in [1.82, 2.24) is 15.0 Å². The Kier molecular flexibility index (Phi) is 7.52. The Balaban J connectivity index is 1.80. The lowest BCUT2D eigenvalue weighted by Crippen LogP contribution is -2.28. The number of amides is 1. The van der Waals surface area contributed by atoms with Crippen molar-refractivity contribution in [2.24, 2.45) is 0 Å².